The summed E-state index contributed by atoms with van der Waals surface area (Å²) >= 11 is 12.4. The molecule has 0 fully saturated rings. The number of carbonyl (C=O) groups is 1. The number of benzene rings is 1. The molecule has 0 saturated carbocycles. The van der Waals surface area contributed by atoms with E-state index < -0.39 is 5.60 Å². The molecule has 3 nitrogen and oxygen atoms in total. The van der Waals surface area contributed by atoms with Crippen molar-refractivity contribution in [3.05, 3.63) is 78.0 Å². The zero-order chi connectivity index (χ0) is 17.2. The third-order valence-corrected chi connectivity index (χ3v) is 6.13. The van der Waals surface area contributed by atoms with Crippen molar-refractivity contribution in [3.8, 4) is 0 Å². The van der Waals surface area contributed by atoms with Gasteiger partial charge in [0.2, 0.25) is 0 Å². The van der Waals surface area contributed by atoms with Gasteiger partial charge in [0.25, 0.3) is 5.91 Å². The highest BCUT2D eigenvalue weighted by Crippen LogP contribution is 2.33. The van der Waals surface area contributed by atoms with E-state index in [1.807, 2.05) is 34.3 Å². The summed E-state index contributed by atoms with van der Waals surface area (Å²) in [4.78, 5) is 13.3. The van der Waals surface area contributed by atoms with E-state index in [4.69, 9.17) is 11.6 Å². The van der Waals surface area contributed by atoms with E-state index in [0.717, 1.165) is 14.9 Å². The van der Waals surface area contributed by atoms with Gasteiger partial charge in [0.1, 0.15) is 5.60 Å². The number of hydrogen-bond donors (Lipinski definition) is 2. The normalized spacial score (nSPS) is 13.5. The molecule has 2 aromatic heterocycles. The van der Waals surface area contributed by atoms with Gasteiger partial charge in [-0.05, 0) is 46.5 Å². The fraction of sp³-hybridized carbons (Fsp3) is 0.118. The summed E-state index contributed by atoms with van der Waals surface area (Å²) in [5.74, 6) is -0.327. The Kier molecular flexibility index (Phi) is 5.42. The van der Waals surface area contributed by atoms with Gasteiger partial charge in [0.05, 0.1) is 17.1 Å². The van der Waals surface area contributed by atoms with Crippen LogP contribution in [-0.2, 0) is 5.60 Å². The van der Waals surface area contributed by atoms with Gasteiger partial charge < -0.3 is 10.4 Å². The Labute approximate surface area is 161 Å². The molecular weight excluding hydrogens is 430 g/mol. The fourth-order valence-corrected chi connectivity index (χ4v) is 4.45. The molecule has 0 aliphatic heterocycles. The highest BCUT2D eigenvalue weighted by atomic mass is 79.9. The van der Waals surface area contributed by atoms with Crippen LogP contribution in [0.5, 0.6) is 0 Å². The molecule has 2 heterocycles. The van der Waals surface area contributed by atoms with Crippen LogP contribution in [0, 0.1) is 0 Å². The molecule has 1 aromatic carbocycles. The number of aliphatic hydroxyl groups is 1. The van der Waals surface area contributed by atoms with Crippen molar-refractivity contribution in [1.29, 1.82) is 0 Å². The van der Waals surface area contributed by atoms with Gasteiger partial charge in [-0.3, -0.25) is 4.79 Å². The Bertz CT molecular complexity index is 800. The highest BCUT2D eigenvalue weighted by Gasteiger charge is 2.33. The van der Waals surface area contributed by atoms with E-state index in [9.17, 15) is 9.90 Å². The number of hydrogen-bond acceptors (Lipinski definition) is 4. The number of amides is 1. The lowest BCUT2D eigenvalue weighted by Crippen LogP contribution is -2.41. The molecule has 0 bridgehead atoms. The van der Waals surface area contributed by atoms with Crippen LogP contribution in [0.3, 0.4) is 0 Å². The van der Waals surface area contributed by atoms with Gasteiger partial charge in [0.15, 0.2) is 0 Å². The molecule has 0 aliphatic carbocycles. The molecule has 0 spiro atoms. The van der Waals surface area contributed by atoms with Crippen LogP contribution < -0.4 is 5.32 Å². The molecule has 24 heavy (non-hydrogen) atoms. The average Bonchev–Trinajstić information content (AvgIpc) is 3.28. The quantitative estimate of drug-likeness (QED) is 0.591. The Morgan fingerprint density at radius 3 is 2.79 bits per heavy atom. The lowest BCUT2D eigenvalue weighted by Gasteiger charge is -2.27. The predicted molar refractivity (Wildman–Crippen MR) is 103 cm³/mol. The molecular formula is C17H13BrClNO2S2. The molecule has 1 unspecified atom stereocenters. The molecule has 1 atom stereocenters. The lowest BCUT2D eigenvalue weighted by molar-refractivity contribution is 0.0721. The zero-order valence-corrected chi connectivity index (χ0v) is 16.3. The van der Waals surface area contributed by atoms with E-state index in [1.165, 1.54) is 22.7 Å². The van der Waals surface area contributed by atoms with Gasteiger partial charge in [0, 0.05) is 14.9 Å². The number of nitrogens with one attached hydrogen (secondary N) is 1. The smallest absolute Gasteiger partial charge is 0.252 e. The van der Waals surface area contributed by atoms with Crippen molar-refractivity contribution < 1.29 is 9.90 Å². The summed E-state index contributed by atoms with van der Waals surface area (Å²) in [6.07, 6.45) is 0. The van der Waals surface area contributed by atoms with E-state index in [-0.39, 0.29) is 12.5 Å². The van der Waals surface area contributed by atoms with Crippen molar-refractivity contribution in [2.24, 2.45) is 0 Å². The predicted octanol–water partition coefficient (Wildman–Crippen LogP) is 4.89. The molecule has 3 aromatic rings. The summed E-state index contributed by atoms with van der Waals surface area (Å²) in [5, 5.41) is 20.1. The summed E-state index contributed by atoms with van der Waals surface area (Å²) < 4.78 is 0.767. The van der Waals surface area contributed by atoms with Crippen LogP contribution in [0.25, 0.3) is 0 Å². The topological polar surface area (TPSA) is 49.3 Å². The Morgan fingerprint density at radius 2 is 2.12 bits per heavy atom. The van der Waals surface area contributed by atoms with Crippen LogP contribution in [0.15, 0.2) is 57.0 Å². The minimum atomic E-state index is -1.26. The van der Waals surface area contributed by atoms with Crippen molar-refractivity contribution in [3.63, 3.8) is 0 Å². The molecule has 1 amide bonds. The van der Waals surface area contributed by atoms with Crippen LogP contribution in [0.2, 0.25) is 5.02 Å². The van der Waals surface area contributed by atoms with Crippen LogP contribution in [0.4, 0.5) is 0 Å². The molecule has 124 valence electrons. The second kappa shape index (κ2) is 7.37. The summed E-state index contributed by atoms with van der Waals surface area (Å²) in [7, 11) is 0. The van der Waals surface area contributed by atoms with Crippen LogP contribution in [0.1, 0.15) is 20.8 Å². The molecule has 3 rings (SSSR count). The number of carbonyl (C=O) groups excluding carboxylic acids is 1. The standard InChI is InChI=1S/C17H13BrClNO2S2/c18-12-3-4-14(19)13(8-12)16(21)20-10-17(22,11-5-7-23-9-11)15-2-1-6-24-15/h1-9,22H,10H2,(H,20,21). The first kappa shape index (κ1) is 17.6. The number of rotatable bonds is 5. The maximum Gasteiger partial charge on any atom is 0.252 e. The molecule has 0 aliphatic rings. The summed E-state index contributed by atoms with van der Waals surface area (Å²) in [6.45, 7) is 0.0614. The minimum Gasteiger partial charge on any atom is -0.378 e. The van der Waals surface area contributed by atoms with E-state index in [0.29, 0.717) is 10.6 Å². The summed E-state index contributed by atoms with van der Waals surface area (Å²) in [6, 6.07) is 10.7. The fourth-order valence-electron chi connectivity index (χ4n) is 2.32. The number of thiophene rings is 2. The molecule has 2 N–H and O–H groups in total. The van der Waals surface area contributed by atoms with Crippen molar-refractivity contribution in [2.45, 2.75) is 5.60 Å². The van der Waals surface area contributed by atoms with E-state index >= 15 is 0 Å². The van der Waals surface area contributed by atoms with Gasteiger partial charge in [-0.1, -0.05) is 33.6 Å². The lowest BCUT2D eigenvalue weighted by atomic mass is 9.94. The van der Waals surface area contributed by atoms with Crippen molar-refractivity contribution >= 4 is 56.1 Å². The second-order valence-corrected chi connectivity index (χ2v) is 8.21. The van der Waals surface area contributed by atoms with E-state index in [1.54, 1.807) is 18.2 Å². The van der Waals surface area contributed by atoms with Crippen molar-refractivity contribution in [2.75, 3.05) is 6.54 Å². The second-order valence-electron chi connectivity index (χ2n) is 5.16. The van der Waals surface area contributed by atoms with Crippen molar-refractivity contribution in [1.82, 2.24) is 5.32 Å². The van der Waals surface area contributed by atoms with Gasteiger partial charge in [-0.15, -0.1) is 11.3 Å². The average molecular weight is 443 g/mol. The third-order valence-electron chi connectivity index (χ3n) is 3.61. The maximum atomic E-state index is 12.5. The first-order chi connectivity index (χ1) is 11.5. The molecule has 0 saturated heterocycles. The first-order valence-electron chi connectivity index (χ1n) is 7.03. The third kappa shape index (κ3) is 3.58. The Balaban J connectivity index is 1.85. The highest BCUT2D eigenvalue weighted by molar-refractivity contribution is 9.10. The first-order valence-corrected chi connectivity index (χ1v) is 10.0. The van der Waals surface area contributed by atoms with Crippen LogP contribution >= 0.6 is 50.2 Å². The zero-order valence-electron chi connectivity index (χ0n) is 12.3. The van der Waals surface area contributed by atoms with E-state index in [2.05, 4.69) is 21.2 Å². The SMILES string of the molecule is O=C(NCC(O)(c1ccsc1)c1cccs1)c1cc(Br)ccc1Cl. The summed E-state index contributed by atoms with van der Waals surface area (Å²) in [5.41, 5.74) is -0.136. The minimum absolute atomic E-state index is 0.0614. The van der Waals surface area contributed by atoms with Gasteiger partial charge in [-0.2, -0.15) is 11.3 Å². The van der Waals surface area contributed by atoms with Gasteiger partial charge >= 0.3 is 0 Å². The van der Waals surface area contributed by atoms with Gasteiger partial charge in [-0.25, -0.2) is 0 Å². The Hall–Kier alpha value is -1.18. The maximum absolute atomic E-state index is 12.5. The number of halogens is 2. The molecule has 7 heteroatoms. The van der Waals surface area contributed by atoms with Crippen LogP contribution in [-0.4, -0.2) is 17.6 Å². The largest absolute Gasteiger partial charge is 0.378 e. The molecule has 0 radical (unpaired) electrons. The Morgan fingerprint density at radius 1 is 1.29 bits per heavy atom. The monoisotopic (exact) mass is 441 g/mol.